The summed E-state index contributed by atoms with van der Waals surface area (Å²) in [5, 5.41) is 1.15. The van der Waals surface area contributed by atoms with Gasteiger partial charge in [0.2, 0.25) is 0 Å². The molecule has 1 aromatic heterocycles. The quantitative estimate of drug-likeness (QED) is 0.621. The van der Waals surface area contributed by atoms with Gasteiger partial charge in [-0.3, -0.25) is 0 Å². The standard InChI is InChI=1S/C11H11O/c1-8(2)10-4-3-9-5-6-12-11(9)7-10/h3-8H,1H2,2H3. The van der Waals surface area contributed by atoms with Crippen LogP contribution in [0.25, 0.3) is 11.0 Å². The Balaban J connectivity index is 2.60. The summed E-state index contributed by atoms with van der Waals surface area (Å²) in [5.41, 5.74) is 2.17. The highest BCUT2D eigenvalue weighted by atomic mass is 16.3. The number of hydrogen-bond acceptors (Lipinski definition) is 1. The van der Waals surface area contributed by atoms with E-state index >= 15 is 0 Å². The van der Waals surface area contributed by atoms with Gasteiger partial charge in [-0.15, -0.1) is 0 Å². The first-order valence-electron chi connectivity index (χ1n) is 4.07. The lowest BCUT2D eigenvalue weighted by atomic mass is 10.0. The summed E-state index contributed by atoms with van der Waals surface area (Å²) in [7, 11) is 0. The van der Waals surface area contributed by atoms with Gasteiger partial charge in [0.05, 0.1) is 6.26 Å². The fourth-order valence-corrected chi connectivity index (χ4v) is 1.28. The molecule has 0 saturated heterocycles. The smallest absolute Gasteiger partial charge is 0.134 e. The summed E-state index contributed by atoms with van der Waals surface area (Å²) in [4.78, 5) is 0. The summed E-state index contributed by atoms with van der Waals surface area (Å²) in [6, 6.07) is 8.17. The minimum atomic E-state index is 0.319. The third-order valence-electron chi connectivity index (χ3n) is 2.05. The maximum Gasteiger partial charge on any atom is 0.134 e. The molecule has 0 spiro atoms. The number of hydrogen-bond donors (Lipinski definition) is 0. The Morgan fingerprint density at radius 1 is 1.33 bits per heavy atom. The Morgan fingerprint density at radius 3 is 2.92 bits per heavy atom. The van der Waals surface area contributed by atoms with Crippen molar-refractivity contribution in [3.63, 3.8) is 0 Å². The lowest BCUT2D eigenvalue weighted by Gasteiger charge is -2.03. The van der Waals surface area contributed by atoms with Crippen LogP contribution in [0.3, 0.4) is 0 Å². The maximum atomic E-state index is 5.28. The first-order chi connectivity index (χ1) is 5.77. The van der Waals surface area contributed by atoms with E-state index in [4.69, 9.17) is 4.42 Å². The average molecular weight is 159 g/mol. The Bertz CT molecular complexity index is 385. The van der Waals surface area contributed by atoms with Crippen molar-refractivity contribution in [2.75, 3.05) is 0 Å². The van der Waals surface area contributed by atoms with E-state index in [1.165, 1.54) is 5.56 Å². The monoisotopic (exact) mass is 159 g/mol. The highest BCUT2D eigenvalue weighted by Crippen LogP contribution is 2.21. The van der Waals surface area contributed by atoms with E-state index < -0.39 is 0 Å². The SMILES string of the molecule is [CH2]C(C)c1ccc2ccoc2c1. The summed E-state index contributed by atoms with van der Waals surface area (Å²) < 4.78 is 5.28. The van der Waals surface area contributed by atoms with Crippen LogP contribution in [-0.4, -0.2) is 0 Å². The van der Waals surface area contributed by atoms with E-state index in [-0.39, 0.29) is 0 Å². The molecule has 2 aromatic rings. The van der Waals surface area contributed by atoms with Gasteiger partial charge in [0.1, 0.15) is 5.58 Å². The third-order valence-corrected chi connectivity index (χ3v) is 2.05. The summed E-state index contributed by atoms with van der Waals surface area (Å²) in [6.45, 7) is 6.03. The molecule has 0 aliphatic heterocycles. The molecule has 1 radical (unpaired) electrons. The van der Waals surface area contributed by atoms with Crippen molar-refractivity contribution in [2.45, 2.75) is 12.8 Å². The first-order valence-corrected chi connectivity index (χ1v) is 4.07. The summed E-state index contributed by atoms with van der Waals surface area (Å²) in [5.74, 6) is 0.319. The molecule has 0 fully saturated rings. The lowest BCUT2D eigenvalue weighted by Crippen LogP contribution is -1.85. The predicted octanol–water partition coefficient (Wildman–Crippen LogP) is 3.37. The molecule has 0 N–H and O–H groups in total. The van der Waals surface area contributed by atoms with Crippen molar-refractivity contribution >= 4 is 11.0 Å². The van der Waals surface area contributed by atoms with Crippen molar-refractivity contribution < 1.29 is 4.42 Å². The fourth-order valence-electron chi connectivity index (χ4n) is 1.28. The molecule has 1 heteroatoms. The molecule has 1 nitrogen and oxygen atoms in total. The highest BCUT2D eigenvalue weighted by Gasteiger charge is 2.01. The van der Waals surface area contributed by atoms with Gasteiger partial charge in [-0.25, -0.2) is 0 Å². The van der Waals surface area contributed by atoms with Gasteiger partial charge < -0.3 is 4.42 Å². The molecule has 1 unspecified atom stereocenters. The van der Waals surface area contributed by atoms with E-state index in [2.05, 4.69) is 26.0 Å². The van der Waals surface area contributed by atoms with Gasteiger partial charge in [-0.2, -0.15) is 0 Å². The Hall–Kier alpha value is -1.24. The van der Waals surface area contributed by atoms with Gasteiger partial charge in [0.15, 0.2) is 0 Å². The van der Waals surface area contributed by atoms with Crippen molar-refractivity contribution in [1.82, 2.24) is 0 Å². The Morgan fingerprint density at radius 2 is 2.17 bits per heavy atom. The highest BCUT2D eigenvalue weighted by molar-refractivity contribution is 5.77. The molecule has 0 amide bonds. The Kier molecular flexibility index (Phi) is 1.65. The number of benzene rings is 1. The Labute approximate surface area is 72.0 Å². The van der Waals surface area contributed by atoms with E-state index in [1.807, 2.05) is 12.1 Å². The maximum absolute atomic E-state index is 5.28. The van der Waals surface area contributed by atoms with Gasteiger partial charge in [0.25, 0.3) is 0 Å². The van der Waals surface area contributed by atoms with Crippen LogP contribution >= 0.6 is 0 Å². The molecule has 1 atom stereocenters. The summed E-state index contributed by atoms with van der Waals surface area (Å²) in [6.07, 6.45) is 1.71. The van der Waals surface area contributed by atoms with Crippen molar-refractivity contribution in [1.29, 1.82) is 0 Å². The summed E-state index contributed by atoms with van der Waals surface area (Å²) >= 11 is 0. The topological polar surface area (TPSA) is 13.1 Å². The normalized spacial score (nSPS) is 11.2. The van der Waals surface area contributed by atoms with Gasteiger partial charge in [0, 0.05) is 5.39 Å². The van der Waals surface area contributed by atoms with Crippen molar-refractivity contribution in [2.24, 2.45) is 0 Å². The molecule has 12 heavy (non-hydrogen) atoms. The van der Waals surface area contributed by atoms with Gasteiger partial charge >= 0.3 is 0 Å². The molecule has 61 valence electrons. The van der Waals surface area contributed by atoms with E-state index in [9.17, 15) is 0 Å². The molecule has 0 bridgehead atoms. The van der Waals surface area contributed by atoms with Gasteiger partial charge in [-0.1, -0.05) is 19.1 Å². The number of rotatable bonds is 1. The van der Waals surface area contributed by atoms with Gasteiger partial charge in [-0.05, 0) is 30.5 Å². The zero-order valence-electron chi connectivity index (χ0n) is 7.08. The average Bonchev–Trinajstić information content (AvgIpc) is 2.49. The van der Waals surface area contributed by atoms with Crippen LogP contribution in [0.1, 0.15) is 18.4 Å². The van der Waals surface area contributed by atoms with Crippen LogP contribution in [0.5, 0.6) is 0 Å². The second-order valence-electron chi connectivity index (χ2n) is 3.12. The number of fused-ring (bicyclic) bond motifs is 1. The van der Waals surface area contributed by atoms with Crippen LogP contribution in [0, 0.1) is 6.92 Å². The van der Waals surface area contributed by atoms with Crippen LogP contribution in [-0.2, 0) is 0 Å². The van der Waals surface area contributed by atoms with Crippen LogP contribution in [0.4, 0.5) is 0 Å². The first kappa shape index (κ1) is 7.41. The molecule has 0 aliphatic carbocycles. The zero-order chi connectivity index (χ0) is 8.55. The fraction of sp³-hybridized carbons (Fsp3) is 0.182. The van der Waals surface area contributed by atoms with Crippen LogP contribution < -0.4 is 0 Å². The molecule has 0 aliphatic rings. The molecule has 1 aromatic carbocycles. The zero-order valence-corrected chi connectivity index (χ0v) is 7.08. The third kappa shape index (κ3) is 1.11. The van der Waals surface area contributed by atoms with Crippen molar-refractivity contribution in [3.8, 4) is 0 Å². The predicted molar refractivity (Wildman–Crippen MR) is 50.0 cm³/mol. The van der Waals surface area contributed by atoms with Crippen molar-refractivity contribution in [3.05, 3.63) is 43.0 Å². The molecule has 0 saturated carbocycles. The second kappa shape index (κ2) is 2.67. The van der Waals surface area contributed by atoms with E-state index in [0.29, 0.717) is 5.92 Å². The van der Waals surface area contributed by atoms with Crippen LogP contribution in [0.2, 0.25) is 0 Å². The molecular formula is C11H11O. The molecule has 2 rings (SSSR count). The largest absolute Gasteiger partial charge is 0.464 e. The minimum Gasteiger partial charge on any atom is -0.464 e. The van der Waals surface area contributed by atoms with E-state index in [1.54, 1.807) is 6.26 Å². The molecule has 1 heterocycles. The number of furan rings is 1. The molecular weight excluding hydrogens is 148 g/mol. The lowest BCUT2D eigenvalue weighted by molar-refractivity contribution is 0.615. The second-order valence-corrected chi connectivity index (χ2v) is 3.12. The van der Waals surface area contributed by atoms with Crippen LogP contribution in [0.15, 0.2) is 34.9 Å². The minimum absolute atomic E-state index is 0.319. The van der Waals surface area contributed by atoms with E-state index in [0.717, 1.165) is 11.0 Å².